The number of rotatable bonds is 1. The van der Waals surface area contributed by atoms with E-state index in [-0.39, 0.29) is 0 Å². The molecule has 0 aromatic rings. The highest BCUT2D eigenvalue weighted by Gasteiger charge is 2.21. The third kappa shape index (κ3) is 3.52. The summed E-state index contributed by atoms with van der Waals surface area (Å²) in [5.41, 5.74) is 0. The van der Waals surface area contributed by atoms with Gasteiger partial charge in [-0.05, 0) is 25.1 Å². The van der Waals surface area contributed by atoms with E-state index in [0.717, 1.165) is 23.5 Å². The maximum atomic E-state index is 5.51. The summed E-state index contributed by atoms with van der Waals surface area (Å²) >= 11 is 7.57. The third-order valence-corrected chi connectivity index (χ3v) is 4.97. The molecule has 0 radical (unpaired) electrons. The van der Waals surface area contributed by atoms with Crippen molar-refractivity contribution in [2.24, 2.45) is 0 Å². The van der Waals surface area contributed by atoms with E-state index in [4.69, 9.17) is 12.2 Å². The Morgan fingerprint density at radius 2 is 2.06 bits per heavy atom. The summed E-state index contributed by atoms with van der Waals surface area (Å²) in [4.78, 5) is 2.35. The minimum absolute atomic E-state index is 0.645. The summed E-state index contributed by atoms with van der Waals surface area (Å²) in [6, 6.07) is 0.645. The van der Waals surface area contributed by atoms with Gasteiger partial charge in [0.25, 0.3) is 0 Å². The number of nitrogens with zero attached hydrogens (tertiary/aromatic N) is 1. The summed E-state index contributed by atoms with van der Waals surface area (Å²) in [7, 11) is 0. The molecule has 0 amide bonds. The second kappa shape index (κ2) is 6.10. The Balaban J connectivity index is 1.77. The Morgan fingerprint density at radius 1 is 1.31 bits per heavy atom. The van der Waals surface area contributed by atoms with Gasteiger partial charge in [-0.3, -0.25) is 0 Å². The molecule has 1 heterocycles. The summed E-state index contributed by atoms with van der Waals surface area (Å²) in [6.07, 6.45) is 6.75. The van der Waals surface area contributed by atoms with Crippen molar-refractivity contribution in [3.05, 3.63) is 0 Å². The van der Waals surface area contributed by atoms with E-state index in [1.807, 2.05) is 0 Å². The van der Waals surface area contributed by atoms with Crippen molar-refractivity contribution in [1.29, 1.82) is 0 Å². The third-order valence-electron chi connectivity index (χ3n) is 3.46. The molecule has 16 heavy (non-hydrogen) atoms. The molecule has 4 heteroatoms. The highest BCUT2D eigenvalue weighted by Crippen LogP contribution is 2.20. The fourth-order valence-electron chi connectivity index (χ4n) is 2.52. The molecule has 1 saturated carbocycles. The van der Waals surface area contributed by atoms with Gasteiger partial charge in [0.2, 0.25) is 0 Å². The zero-order valence-electron chi connectivity index (χ0n) is 10.1. The highest BCUT2D eigenvalue weighted by molar-refractivity contribution is 8.00. The molecule has 1 aliphatic carbocycles. The van der Waals surface area contributed by atoms with Crippen LogP contribution in [-0.2, 0) is 0 Å². The second-order valence-electron chi connectivity index (χ2n) is 4.91. The summed E-state index contributed by atoms with van der Waals surface area (Å²) in [5.74, 6) is 1.22. The molecule has 1 N–H and O–H groups in total. The quantitative estimate of drug-likeness (QED) is 0.727. The second-order valence-corrected chi connectivity index (χ2v) is 6.84. The Labute approximate surface area is 109 Å². The Hall–Kier alpha value is 0.0400. The first kappa shape index (κ1) is 12.5. The van der Waals surface area contributed by atoms with Gasteiger partial charge in [0, 0.05) is 30.1 Å². The summed E-state index contributed by atoms with van der Waals surface area (Å²) in [6.45, 7) is 4.52. The molecule has 0 spiro atoms. The molecule has 0 bridgehead atoms. The smallest absolute Gasteiger partial charge is 0.169 e. The highest BCUT2D eigenvalue weighted by atomic mass is 32.2. The molecular weight excluding hydrogens is 236 g/mol. The predicted octanol–water partition coefficient (Wildman–Crippen LogP) is 2.63. The van der Waals surface area contributed by atoms with Gasteiger partial charge in [0.15, 0.2) is 5.11 Å². The van der Waals surface area contributed by atoms with Crippen LogP contribution in [0.4, 0.5) is 0 Å². The van der Waals surface area contributed by atoms with Crippen LogP contribution in [0.25, 0.3) is 0 Å². The van der Waals surface area contributed by atoms with Crippen molar-refractivity contribution in [1.82, 2.24) is 10.2 Å². The molecule has 1 saturated heterocycles. The summed E-state index contributed by atoms with van der Waals surface area (Å²) < 4.78 is 0. The van der Waals surface area contributed by atoms with Crippen molar-refractivity contribution in [2.75, 3.05) is 18.8 Å². The first-order valence-corrected chi connectivity index (χ1v) is 7.88. The largest absolute Gasteiger partial charge is 0.360 e. The molecule has 2 rings (SSSR count). The molecular formula is C12H22N2S2. The van der Waals surface area contributed by atoms with Crippen LogP contribution in [-0.4, -0.2) is 40.1 Å². The van der Waals surface area contributed by atoms with Gasteiger partial charge >= 0.3 is 0 Å². The first-order valence-electron chi connectivity index (χ1n) is 6.43. The Kier molecular flexibility index (Phi) is 4.77. The monoisotopic (exact) mass is 258 g/mol. The van der Waals surface area contributed by atoms with E-state index >= 15 is 0 Å². The van der Waals surface area contributed by atoms with Gasteiger partial charge in [-0.25, -0.2) is 0 Å². The molecule has 2 aliphatic rings. The standard InChI is InChI=1S/C12H22N2S2/c1-10-9-14(7-8-16-10)12(15)13-11-5-3-2-4-6-11/h10-11H,2-9H2,1H3,(H,13,15). The van der Waals surface area contributed by atoms with Crippen molar-refractivity contribution in [3.63, 3.8) is 0 Å². The fraction of sp³-hybridized carbons (Fsp3) is 0.917. The van der Waals surface area contributed by atoms with Crippen molar-refractivity contribution in [3.8, 4) is 0 Å². The van der Waals surface area contributed by atoms with E-state index in [0.29, 0.717) is 6.04 Å². The topological polar surface area (TPSA) is 15.3 Å². The molecule has 1 aliphatic heterocycles. The Bertz CT molecular complexity index is 239. The van der Waals surface area contributed by atoms with Crippen molar-refractivity contribution in [2.45, 2.75) is 50.3 Å². The normalized spacial score (nSPS) is 27.8. The van der Waals surface area contributed by atoms with E-state index in [1.54, 1.807) is 0 Å². The van der Waals surface area contributed by atoms with Gasteiger partial charge in [-0.2, -0.15) is 11.8 Å². The van der Waals surface area contributed by atoms with Crippen LogP contribution in [0.5, 0.6) is 0 Å². The van der Waals surface area contributed by atoms with E-state index in [2.05, 4.69) is 28.9 Å². The van der Waals surface area contributed by atoms with E-state index in [9.17, 15) is 0 Å². The predicted molar refractivity (Wildman–Crippen MR) is 76.1 cm³/mol. The number of thioether (sulfide) groups is 1. The number of thiocarbonyl (C=S) groups is 1. The van der Waals surface area contributed by atoms with Crippen molar-refractivity contribution >= 4 is 29.1 Å². The molecule has 1 unspecified atom stereocenters. The van der Waals surface area contributed by atoms with Gasteiger partial charge in [0.1, 0.15) is 0 Å². The number of hydrogen-bond acceptors (Lipinski definition) is 2. The van der Waals surface area contributed by atoms with Gasteiger partial charge in [0.05, 0.1) is 0 Å². The zero-order valence-corrected chi connectivity index (χ0v) is 11.7. The summed E-state index contributed by atoms with van der Waals surface area (Å²) in [5, 5.41) is 5.28. The van der Waals surface area contributed by atoms with Crippen LogP contribution in [0.2, 0.25) is 0 Å². The SMILES string of the molecule is CC1CN(C(=S)NC2CCCCC2)CCS1. The zero-order chi connectivity index (χ0) is 11.4. The minimum atomic E-state index is 0.645. The lowest BCUT2D eigenvalue weighted by atomic mass is 9.96. The molecule has 2 nitrogen and oxygen atoms in total. The lowest BCUT2D eigenvalue weighted by molar-refractivity contribution is 0.377. The van der Waals surface area contributed by atoms with Crippen LogP contribution in [0.15, 0.2) is 0 Å². The van der Waals surface area contributed by atoms with Gasteiger partial charge < -0.3 is 10.2 Å². The van der Waals surface area contributed by atoms with Crippen LogP contribution in [0, 0.1) is 0 Å². The number of nitrogens with one attached hydrogen (secondary N) is 1. The maximum absolute atomic E-state index is 5.51. The van der Waals surface area contributed by atoms with E-state index in [1.165, 1.54) is 37.9 Å². The molecule has 1 atom stereocenters. The van der Waals surface area contributed by atoms with Crippen LogP contribution >= 0.6 is 24.0 Å². The average molecular weight is 258 g/mol. The van der Waals surface area contributed by atoms with Gasteiger partial charge in [-0.1, -0.05) is 26.2 Å². The fourth-order valence-corrected chi connectivity index (χ4v) is 3.86. The van der Waals surface area contributed by atoms with Crippen LogP contribution in [0.1, 0.15) is 39.0 Å². The maximum Gasteiger partial charge on any atom is 0.169 e. The van der Waals surface area contributed by atoms with Gasteiger partial charge in [-0.15, -0.1) is 0 Å². The van der Waals surface area contributed by atoms with Crippen LogP contribution < -0.4 is 5.32 Å². The average Bonchev–Trinajstić information content (AvgIpc) is 2.30. The lowest BCUT2D eigenvalue weighted by Crippen LogP contribution is -2.49. The molecule has 2 fully saturated rings. The molecule has 0 aromatic carbocycles. The first-order chi connectivity index (χ1) is 7.75. The van der Waals surface area contributed by atoms with Crippen molar-refractivity contribution < 1.29 is 0 Å². The number of hydrogen-bond donors (Lipinski definition) is 1. The lowest BCUT2D eigenvalue weighted by Gasteiger charge is -2.35. The minimum Gasteiger partial charge on any atom is -0.360 e. The molecule has 0 aromatic heterocycles. The molecule has 92 valence electrons. The van der Waals surface area contributed by atoms with Crippen LogP contribution in [0.3, 0.4) is 0 Å². The van der Waals surface area contributed by atoms with E-state index < -0.39 is 0 Å². The Morgan fingerprint density at radius 3 is 2.75 bits per heavy atom.